The first kappa shape index (κ1) is 30.2. The van der Waals surface area contributed by atoms with Crippen LogP contribution in [0.15, 0.2) is 34.9 Å². The van der Waals surface area contributed by atoms with Gasteiger partial charge in [-0.05, 0) is 101 Å². The number of piperidine rings is 1. The zero-order chi connectivity index (χ0) is 29.3. The fourth-order valence-electron chi connectivity index (χ4n) is 8.92. The van der Waals surface area contributed by atoms with Gasteiger partial charge in [-0.1, -0.05) is 44.7 Å². The third-order valence-corrected chi connectivity index (χ3v) is 12.5. The molecule has 7 atom stereocenters. The first-order chi connectivity index (χ1) is 20.4. The summed E-state index contributed by atoms with van der Waals surface area (Å²) in [5, 5.41) is 0. The van der Waals surface area contributed by atoms with Gasteiger partial charge < -0.3 is 13.6 Å². The van der Waals surface area contributed by atoms with E-state index < -0.39 is 7.60 Å². The van der Waals surface area contributed by atoms with Crippen molar-refractivity contribution in [3.8, 4) is 0 Å². The van der Waals surface area contributed by atoms with E-state index in [9.17, 15) is 9.36 Å². The highest BCUT2D eigenvalue weighted by Gasteiger charge is 2.45. The molecule has 0 radical (unpaired) electrons. The van der Waals surface area contributed by atoms with E-state index in [0.717, 1.165) is 48.2 Å². The largest absolute Gasteiger partial charge is 0.354 e. The van der Waals surface area contributed by atoms with Gasteiger partial charge in [0.15, 0.2) is 0 Å². The lowest BCUT2D eigenvalue weighted by atomic mass is 9.67. The van der Waals surface area contributed by atoms with Gasteiger partial charge >= 0.3 is 7.60 Å². The molecule has 2 unspecified atom stereocenters. The molecule has 2 saturated heterocycles. The molecule has 3 heterocycles. The van der Waals surface area contributed by atoms with Crippen LogP contribution >= 0.6 is 7.60 Å². The van der Waals surface area contributed by atoms with Crippen LogP contribution in [0.25, 0.3) is 17.1 Å². The summed E-state index contributed by atoms with van der Waals surface area (Å²) in [6.07, 6.45) is 15.8. The number of para-hydroxylation sites is 2. The molecule has 0 N–H and O–H groups in total. The minimum Gasteiger partial charge on any atom is -0.306 e. The topological polar surface area (TPSA) is 73.7 Å². The third kappa shape index (κ3) is 6.22. The summed E-state index contributed by atoms with van der Waals surface area (Å²) < 4.78 is 26.1. The van der Waals surface area contributed by atoms with Crippen molar-refractivity contribution in [3.63, 3.8) is 0 Å². The Labute approximate surface area is 251 Å². The zero-order valence-electron chi connectivity index (χ0n) is 25.8. The predicted molar refractivity (Wildman–Crippen MR) is 170 cm³/mol. The summed E-state index contributed by atoms with van der Waals surface area (Å²) in [7, 11) is -3.45. The van der Waals surface area contributed by atoms with Gasteiger partial charge in [0.2, 0.25) is 0 Å². The predicted octanol–water partition coefficient (Wildman–Crippen LogP) is 8.04. The Morgan fingerprint density at radius 1 is 0.929 bits per heavy atom. The lowest BCUT2D eigenvalue weighted by Crippen LogP contribution is -2.57. The van der Waals surface area contributed by atoms with Crippen molar-refractivity contribution in [2.24, 2.45) is 23.7 Å². The van der Waals surface area contributed by atoms with E-state index in [1.165, 1.54) is 63.6 Å². The summed E-state index contributed by atoms with van der Waals surface area (Å²) in [6.45, 7) is 7.66. The molecule has 2 aromatic rings. The van der Waals surface area contributed by atoms with Crippen molar-refractivity contribution in [2.45, 2.75) is 110 Å². The van der Waals surface area contributed by atoms with Crippen molar-refractivity contribution in [1.29, 1.82) is 0 Å². The maximum Gasteiger partial charge on any atom is 0.354 e. The van der Waals surface area contributed by atoms with Crippen LogP contribution in [0.2, 0.25) is 0 Å². The summed E-state index contributed by atoms with van der Waals surface area (Å²) in [6, 6.07) is 9.36. The molecule has 0 amide bonds. The second-order valence-electron chi connectivity index (χ2n) is 13.5. The second-order valence-corrected chi connectivity index (χ2v) is 15.4. The number of nitrogens with zero attached hydrogens (tertiary/aromatic N) is 3. The van der Waals surface area contributed by atoms with Crippen LogP contribution in [0.4, 0.5) is 0 Å². The molecule has 8 rings (SSSR count). The Balaban J connectivity index is 1.35. The van der Waals surface area contributed by atoms with Crippen molar-refractivity contribution >= 4 is 24.7 Å². The molecule has 230 valence electrons. The summed E-state index contributed by atoms with van der Waals surface area (Å²) >= 11 is 0. The molecule has 4 bridgehead atoms. The van der Waals surface area contributed by atoms with Crippen molar-refractivity contribution < 1.29 is 13.6 Å². The van der Waals surface area contributed by atoms with Crippen LogP contribution in [0.3, 0.4) is 0 Å². The maximum absolute atomic E-state index is 14.3. The normalized spacial score (nSPS) is 32.6. The van der Waals surface area contributed by atoms with Gasteiger partial charge in [-0.3, -0.25) is 14.3 Å². The molecule has 4 saturated carbocycles. The van der Waals surface area contributed by atoms with Crippen LogP contribution in [0.1, 0.15) is 103 Å². The van der Waals surface area contributed by atoms with E-state index in [1.54, 1.807) is 19.9 Å². The van der Waals surface area contributed by atoms with E-state index in [4.69, 9.17) is 14.0 Å². The van der Waals surface area contributed by atoms with E-state index in [1.807, 2.05) is 24.3 Å². The highest BCUT2D eigenvalue weighted by molar-refractivity contribution is 7.57. The highest BCUT2D eigenvalue weighted by atomic mass is 31.2. The molecule has 6 fully saturated rings. The standard InChI is InChI=1S/C34H50N3O4P/c1-4-40-42(39,41-5-2)19-18-30-34(38)37(31-13-9-8-12-29(31)35-30)33-22-28-11-7-6-10-27(33)23-36(28)32-21-25-15-17-26(32)16-14-24(3)20-25/h8-9,12-13,18-19,24-28,32-33H,4-7,10-11,14-17,20-23H2,1-3H3/b19-18+/t24-,25-,26?,27?,28-,32-,33+/m1/s1. The molecule has 2 aliphatic heterocycles. The van der Waals surface area contributed by atoms with Crippen molar-refractivity contribution in [1.82, 2.24) is 14.5 Å². The summed E-state index contributed by atoms with van der Waals surface area (Å²) in [4.78, 5) is 21.9. The molecule has 8 heteroatoms. The van der Waals surface area contributed by atoms with Crippen LogP contribution < -0.4 is 5.56 Å². The molecular formula is C34H50N3O4P. The maximum atomic E-state index is 14.3. The average Bonchev–Trinajstić information content (AvgIpc) is 2.94. The summed E-state index contributed by atoms with van der Waals surface area (Å²) in [5.74, 6) is 4.43. The smallest absolute Gasteiger partial charge is 0.306 e. The minimum atomic E-state index is -3.45. The molecule has 0 spiro atoms. The fraction of sp³-hybridized carbons (Fsp3) is 0.706. The monoisotopic (exact) mass is 595 g/mol. The Hall–Kier alpha value is -1.79. The number of hydrogen-bond acceptors (Lipinski definition) is 6. The Morgan fingerprint density at radius 2 is 1.69 bits per heavy atom. The highest BCUT2D eigenvalue weighted by Crippen LogP contribution is 2.50. The molecule has 42 heavy (non-hydrogen) atoms. The number of aromatic nitrogens is 2. The minimum absolute atomic E-state index is 0.105. The quantitative estimate of drug-likeness (QED) is 0.288. The average molecular weight is 596 g/mol. The van der Waals surface area contributed by atoms with Gasteiger partial charge in [0.25, 0.3) is 5.56 Å². The Kier molecular flexibility index (Phi) is 9.40. The molecular weight excluding hydrogens is 545 g/mol. The number of benzene rings is 1. The lowest BCUT2D eigenvalue weighted by Gasteiger charge is -2.54. The van der Waals surface area contributed by atoms with Gasteiger partial charge in [-0.2, -0.15) is 0 Å². The van der Waals surface area contributed by atoms with Crippen molar-refractivity contribution in [2.75, 3.05) is 19.8 Å². The van der Waals surface area contributed by atoms with Gasteiger partial charge in [-0.15, -0.1) is 0 Å². The fourth-order valence-corrected chi connectivity index (χ4v) is 10.2. The molecule has 4 aliphatic carbocycles. The van der Waals surface area contributed by atoms with Crippen molar-refractivity contribution in [3.05, 3.63) is 46.1 Å². The van der Waals surface area contributed by atoms with E-state index in [0.29, 0.717) is 23.7 Å². The third-order valence-electron chi connectivity index (χ3n) is 10.8. The lowest BCUT2D eigenvalue weighted by molar-refractivity contribution is -0.0379. The van der Waals surface area contributed by atoms with Crippen LogP contribution in [-0.2, 0) is 13.6 Å². The Bertz CT molecular complexity index is 1360. The molecule has 6 aliphatic rings. The number of fused-ring (bicyclic) bond motifs is 12. The van der Waals surface area contributed by atoms with E-state index >= 15 is 0 Å². The Morgan fingerprint density at radius 3 is 2.50 bits per heavy atom. The second kappa shape index (κ2) is 13.1. The molecule has 1 aromatic carbocycles. The SMILES string of the molecule is CCOP(=O)(/C=C/c1nc2ccccc2n([C@H]2C[C@H]3CCCCC2CN3[C@@H]2C[C@@H]3CCC2CC[C@@H](C)C3)c1=O)OCC. The van der Waals surface area contributed by atoms with Gasteiger partial charge in [0, 0.05) is 30.5 Å². The van der Waals surface area contributed by atoms with E-state index in [2.05, 4.69) is 16.4 Å². The summed E-state index contributed by atoms with van der Waals surface area (Å²) in [5.41, 5.74) is 1.89. The van der Waals surface area contributed by atoms with Crippen LogP contribution in [0.5, 0.6) is 0 Å². The number of rotatable bonds is 8. The van der Waals surface area contributed by atoms with Gasteiger partial charge in [0.1, 0.15) is 5.69 Å². The molecule has 7 nitrogen and oxygen atoms in total. The van der Waals surface area contributed by atoms with Crippen LogP contribution in [-0.4, -0.2) is 46.3 Å². The number of hydrogen-bond donors (Lipinski definition) is 0. The zero-order valence-corrected chi connectivity index (χ0v) is 26.7. The molecule has 1 aromatic heterocycles. The van der Waals surface area contributed by atoms with Gasteiger partial charge in [0.05, 0.1) is 24.2 Å². The van der Waals surface area contributed by atoms with Gasteiger partial charge in [-0.25, -0.2) is 4.98 Å². The first-order valence-corrected chi connectivity index (χ1v) is 18.3. The van der Waals surface area contributed by atoms with Crippen LogP contribution in [0, 0.1) is 23.7 Å². The van der Waals surface area contributed by atoms with E-state index in [-0.39, 0.29) is 24.8 Å². The first-order valence-electron chi connectivity index (χ1n) is 16.7.